The highest BCUT2D eigenvalue weighted by atomic mass is 35.5. The van der Waals surface area contributed by atoms with Gasteiger partial charge in [-0.05, 0) is 65.4 Å². The third-order valence-electron chi connectivity index (χ3n) is 8.24. The number of rotatable bonds is 8. The fourth-order valence-electron chi connectivity index (χ4n) is 6.38. The molecule has 4 N–H and O–H groups in total. The SMILES string of the molecule is COC(=O)c1ccc(NC(=O)[C@@H]2N[C@@H](CC(C)(C)C)[C@](CN)(c3cc(Cl)ccc3F)[C@H]2c2ccccc2C(F)(F)F)c(OC)c1. The van der Waals surface area contributed by atoms with Gasteiger partial charge in [0.1, 0.15) is 11.6 Å². The van der Waals surface area contributed by atoms with Crippen molar-refractivity contribution < 1.29 is 36.6 Å². The summed E-state index contributed by atoms with van der Waals surface area (Å²) in [5.41, 5.74) is 3.69. The number of carbonyl (C=O) groups is 2. The maximum Gasteiger partial charge on any atom is 0.416 e. The summed E-state index contributed by atoms with van der Waals surface area (Å²) in [5.74, 6) is -3.23. The molecule has 1 saturated heterocycles. The number of ether oxygens (including phenoxy) is 2. The first-order valence-corrected chi connectivity index (χ1v) is 14.6. The number of alkyl halides is 3. The van der Waals surface area contributed by atoms with Gasteiger partial charge in [0.15, 0.2) is 0 Å². The lowest BCUT2D eigenvalue weighted by atomic mass is 9.61. The summed E-state index contributed by atoms with van der Waals surface area (Å²) in [5, 5.41) is 6.19. The van der Waals surface area contributed by atoms with Crippen LogP contribution in [0.4, 0.5) is 23.2 Å². The molecular formula is C33H36ClF4N3O4. The van der Waals surface area contributed by atoms with Gasteiger partial charge < -0.3 is 25.8 Å². The Morgan fingerprint density at radius 2 is 1.73 bits per heavy atom. The monoisotopic (exact) mass is 649 g/mol. The van der Waals surface area contributed by atoms with Crippen molar-refractivity contribution in [2.24, 2.45) is 11.1 Å². The van der Waals surface area contributed by atoms with Gasteiger partial charge >= 0.3 is 12.1 Å². The zero-order valence-corrected chi connectivity index (χ0v) is 26.3. The van der Waals surface area contributed by atoms with Crippen LogP contribution in [-0.2, 0) is 21.1 Å². The maximum absolute atomic E-state index is 15.9. The van der Waals surface area contributed by atoms with E-state index in [0.29, 0.717) is 6.42 Å². The number of carbonyl (C=O) groups excluding carboxylic acids is 2. The van der Waals surface area contributed by atoms with Gasteiger partial charge in [-0.3, -0.25) is 4.79 Å². The summed E-state index contributed by atoms with van der Waals surface area (Å²) in [6.45, 7) is 5.49. The average Bonchev–Trinajstić information content (AvgIpc) is 3.30. The predicted octanol–water partition coefficient (Wildman–Crippen LogP) is 6.69. The Labute approximate surface area is 264 Å². The van der Waals surface area contributed by atoms with Crippen molar-refractivity contribution in [3.05, 3.63) is 93.8 Å². The number of amides is 1. The van der Waals surface area contributed by atoms with E-state index in [2.05, 4.69) is 10.6 Å². The lowest BCUT2D eigenvalue weighted by molar-refractivity contribution is -0.138. The van der Waals surface area contributed by atoms with Gasteiger partial charge in [-0.2, -0.15) is 13.2 Å². The van der Waals surface area contributed by atoms with E-state index in [1.54, 1.807) is 0 Å². The quantitative estimate of drug-likeness (QED) is 0.186. The molecule has 0 saturated carbocycles. The van der Waals surface area contributed by atoms with Crippen molar-refractivity contribution in [3.8, 4) is 5.75 Å². The molecular weight excluding hydrogens is 614 g/mol. The molecule has 7 nitrogen and oxygen atoms in total. The lowest BCUT2D eigenvalue weighted by Crippen LogP contribution is -2.50. The van der Waals surface area contributed by atoms with Crippen LogP contribution in [0, 0.1) is 11.2 Å². The van der Waals surface area contributed by atoms with E-state index in [4.69, 9.17) is 26.8 Å². The smallest absolute Gasteiger partial charge is 0.416 e. The van der Waals surface area contributed by atoms with Gasteiger partial charge in [-0.25, -0.2) is 9.18 Å². The van der Waals surface area contributed by atoms with E-state index in [1.165, 1.54) is 62.8 Å². The third kappa shape index (κ3) is 6.80. The van der Waals surface area contributed by atoms with E-state index in [9.17, 15) is 22.8 Å². The molecule has 0 aromatic heterocycles. The van der Waals surface area contributed by atoms with Gasteiger partial charge in [0.25, 0.3) is 0 Å². The summed E-state index contributed by atoms with van der Waals surface area (Å²) in [6, 6.07) is 10.9. The molecule has 0 spiro atoms. The molecule has 45 heavy (non-hydrogen) atoms. The molecule has 0 unspecified atom stereocenters. The van der Waals surface area contributed by atoms with Crippen LogP contribution in [0.3, 0.4) is 0 Å². The lowest BCUT2D eigenvalue weighted by Gasteiger charge is -2.42. The highest BCUT2D eigenvalue weighted by Gasteiger charge is 2.60. The second-order valence-electron chi connectivity index (χ2n) is 12.3. The second-order valence-corrected chi connectivity index (χ2v) is 12.7. The summed E-state index contributed by atoms with van der Waals surface area (Å²) >= 11 is 6.34. The number of esters is 1. The van der Waals surface area contributed by atoms with Crippen LogP contribution in [0.5, 0.6) is 5.75 Å². The van der Waals surface area contributed by atoms with Crippen LogP contribution in [0.2, 0.25) is 5.02 Å². The van der Waals surface area contributed by atoms with Crippen molar-refractivity contribution in [2.45, 2.75) is 56.8 Å². The summed E-state index contributed by atoms with van der Waals surface area (Å²) in [7, 11) is 2.55. The Balaban J connectivity index is 1.97. The predicted molar refractivity (Wildman–Crippen MR) is 164 cm³/mol. The molecule has 0 radical (unpaired) electrons. The highest BCUT2D eigenvalue weighted by Crippen LogP contribution is 2.54. The molecule has 0 bridgehead atoms. The number of nitrogens with one attached hydrogen (secondary N) is 2. The van der Waals surface area contributed by atoms with Crippen LogP contribution in [-0.4, -0.2) is 44.7 Å². The van der Waals surface area contributed by atoms with E-state index < -0.39 is 58.3 Å². The Morgan fingerprint density at radius 3 is 2.33 bits per heavy atom. The molecule has 1 fully saturated rings. The fourth-order valence-corrected chi connectivity index (χ4v) is 6.55. The van der Waals surface area contributed by atoms with Gasteiger partial charge in [0, 0.05) is 28.9 Å². The highest BCUT2D eigenvalue weighted by molar-refractivity contribution is 6.30. The number of halogens is 5. The largest absolute Gasteiger partial charge is 0.495 e. The molecule has 1 heterocycles. The first kappa shape index (κ1) is 34.2. The van der Waals surface area contributed by atoms with Crippen molar-refractivity contribution in [1.82, 2.24) is 5.32 Å². The minimum absolute atomic E-state index is 0.0107. The van der Waals surface area contributed by atoms with Gasteiger partial charge in [-0.1, -0.05) is 50.6 Å². The van der Waals surface area contributed by atoms with Crippen molar-refractivity contribution in [2.75, 3.05) is 26.1 Å². The molecule has 1 aliphatic heterocycles. The number of methoxy groups -OCH3 is 2. The number of hydrogen-bond acceptors (Lipinski definition) is 6. The zero-order chi connectivity index (χ0) is 33.3. The van der Waals surface area contributed by atoms with Crippen LogP contribution >= 0.6 is 11.6 Å². The normalized spacial score (nSPS) is 21.8. The average molecular weight is 650 g/mol. The molecule has 4 atom stereocenters. The molecule has 242 valence electrons. The molecule has 3 aromatic carbocycles. The molecule has 1 amide bonds. The molecule has 0 aliphatic carbocycles. The Morgan fingerprint density at radius 1 is 1.04 bits per heavy atom. The third-order valence-corrected chi connectivity index (χ3v) is 8.47. The van der Waals surface area contributed by atoms with Gasteiger partial charge in [-0.15, -0.1) is 0 Å². The van der Waals surface area contributed by atoms with E-state index in [-0.39, 0.29) is 39.7 Å². The summed E-state index contributed by atoms with van der Waals surface area (Å²) in [4.78, 5) is 26.3. The number of nitrogens with two attached hydrogens (primary N) is 1. The van der Waals surface area contributed by atoms with E-state index >= 15 is 4.39 Å². The van der Waals surface area contributed by atoms with E-state index in [1.807, 2.05) is 20.8 Å². The Kier molecular flexibility index (Phi) is 9.87. The minimum Gasteiger partial charge on any atom is -0.495 e. The molecule has 12 heteroatoms. The van der Waals surface area contributed by atoms with Gasteiger partial charge in [0.05, 0.1) is 37.1 Å². The van der Waals surface area contributed by atoms with E-state index in [0.717, 1.165) is 12.1 Å². The maximum atomic E-state index is 15.9. The minimum atomic E-state index is -4.79. The van der Waals surface area contributed by atoms with Crippen LogP contribution < -0.4 is 21.1 Å². The summed E-state index contributed by atoms with van der Waals surface area (Å²) < 4.78 is 69.7. The van der Waals surface area contributed by atoms with Crippen molar-refractivity contribution >= 4 is 29.2 Å². The van der Waals surface area contributed by atoms with Crippen molar-refractivity contribution in [3.63, 3.8) is 0 Å². The fraction of sp³-hybridized carbons (Fsp3) is 0.394. The first-order chi connectivity index (χ1) is 21.1. The number of anilines is 1. The number of hydrogen-bond donors (Lipinski definition) is 3. The Hall–Kier alpha value is -3.67. The second kappa shape index (κ2) is 13.0. The van der Waals surface area contributed by atoms with Crippen LogP contribution in [0.25, 0.3) is 0 Å². The first-order valence-electron chi connectivity index (χ1n) is 14.2. The topological polar surface area (TPSA) is 103 Å². The summed E-state index contributed by atoms with van der Waals surface area (Å²) in [6.07, 6.45) is -4.47. The number of benzene rings is 3. The Bertz CT molecular complexity index is 1580. The molecule has 1 aliphatic rings. The van der Waals surface area contributed by atoms with Crippen LogP contribution in [0.1, 0.15) is 60.2 Å². The molecule has 4 rings (SSSR count). The standard InChI is InChI=1S/C33H36ClF4N3O4/c1-31(2,3)16-26-32(17-39,22-15-19(34)11-12-23(22)35)27(20-8-6-7-9-21(20)33(36,37)38)28(41-26)29(42)40-24-13-10-18(30(43)45-5)14-25(24)44-4/h6-15,26-28,41H,16-17,39H2,1-5H3,(H,40,42)/t26-,27-,28+,32-/m0/s1. The zero-order valence-electron chi connectivity index (χ0n) is 25.5. The van der Waals surface area contributed by atoms with Gasteiger partial charge in [0.2, 0.25) is 5.91 Å². The van der Waals surface area contributed by atoms with Crippen molar-refractivity contribution in [1.29, 1.82) is 0 Å². The molecule has 3 aromatic rings. The van der Waals surface area contributed by atoms with Crippen LogP contribution in [0.15, 0.2) is 60.7 Å².